The van der Waals surface area contributed by atoms with Gasteiger partial charge in [0, 0.05) is 25.8 Å². The lowest BCUT2D eigenvalue weighted by atomic mass is 10.1. The van der Waals surface area contributed by atoms with Crippen molar-refractivity contribution in [3.05, 3.63) is 12.5 Å². The van der Waals surface area contributed by atoms with Crippen molar-refractivity contribution in [1.29, 1.82) is 0 Å². The maximum Gasteiger partial charge on any atom is 0.305 e. The molecule has 2 N–H and O–H groups in total. The van der Waals surface area contributed by atoms with Crippen LogP contribution in [0.3, 0.4) is 0 Å². The predicted molar refractivity (Wildman–Crippen MR) is 70.8 cm³/mol. The monoisotopic (exact) mass is 316 g/mol. The minimum absolute atomic E-state index is 0.0189. The Labute approximate surface area is 121 Å². The fraction of sp³-hybridized carbons (Fsp3) is 0.545. The van der Waals surface area contributed by atoms with Crippen molar-refractivity contribution >= 4 is 21.9 Å². The summed E-state index contributed by atoms with van der Waals surface area (Å²) in [7, 11) is -4.00. The third-order valence-electron chi connectivity index (χ3n) is 3.20. The van der Waals surface area contributed by atoms with Gasteiger partial charge in [-0.2, -0.15) is 4.31 Å². The Bertz CT molecular complexity index is 653. The minimum Gasteiger partial charge on any atom is -0.481 e. The summed E-state index contributed by atoms with van der Waals surface area (Å²) in [4.78, 5) is 26.5. The molecule has 0 radical (unpaired) electrons. The van der Waals surface area contributed by atoms with Crippen molar-refractivity contribution in [3.63, 3.8) is 0 Å². The van der Waals surface area contributed by atoms with Gasteiger partial charge in [0.05, 0.1) is 12.7 Å². The summed E-state index contributed by atoms with van der Waals surface area (Å²) in [5.41, 5.74) is 0. The average Bonchev–Trinajstić information content (AvgIpc) is 2.90. The Kier molecular flexibility index (Phi) is 4.28. The molecule has 1 amide bonds. The van der Waals surface area contributed by atoms with Gasteiger partial charge < -0.3 is 15.0 Å². The number of aromatic nitrogens is 2. The summed E-state index contributed by atoms with van der Waals surface area (Å²) in [5, 5.41) is 11.1. The lowest BCUT2D eigenvalue weighted by Crippen LogP contribution is -2.57. The van der Waals surface area contributed by atoms with Crippen LogP contribution in [0, 0.1) is 0 Å². The number of amides is 1. The smallest absolute Gasteiger partial charge is 0.305 e. The number of aliphatic carboxylic acids is 1. The molecule has 0 spiro atoms. The van der Waals surface area contributed by atoms with Crippen molar-refractivity contribution < 1.29 is 23.1 Å². The highest BCUT2D eigenvalue weighted by molar-refractivity contribution is 7.89. The number of nitrogens with zero attached hydrogens (tertiary/aromatic N) is 3. The molecule has 1 aliphatic heterocycles. The zero-order chi connectivity index (χ0) is 15.6. The predicted octanol–water partition coefficient (Wildman–Crippen LogP) is -1.13. The van der Waals surface area contributed by atoms with Crippen molar-refractivity contribution in [3.8, 4) is 0 Å². The molecule has 10 heteroatoms. The fourth-order valence-electron chi connectivity index (χ4n) is 2.11. The molecule has 1 saturated heterocycles. The van der Waals surface area contributed by atoms with Gasteiger partial charge in [-0.15, -0.1) is 0 Å². The highest BCUT2D eigenvalue weighted by Crippen LogP contribution is 2.20. The second-order valence-electron chi connectivity index (χ2n) is 4.56. The molecule has 1 aromatic rings. The van der Waals surface area contributed by atoms with E-state index >= 15 is 0 Å². The van der Waals surface area contributed by atoms with E-state index in [2.05, 4.69) is 10.3 Å². The van der Waals surface area contributed by atoms with E-state index in [1.807, 2.05) is 6.92 Å². The Morgan fingerprint density at radius 3 is 2.86 bits per heavy atom. The van der Waals surface area contributed by atoms with Crippen molar-refractivity contribution in [1.82, 2.24) is 19.2 Å². The van der Waals surface area contributed by atoms with E-state index in [1.165, 1.54) is 12.5 Å². The molecule has 0 aliphatic carbocycles. The van der Waals surface area contributed by atoms with Gasteiger partial charge in [0.2, 0.25) is 5.91 Å². The molecule has 1 atom stereocenters. The molecule has 21 heavy (non-hydrogen) atoms. The number of hydrogen-bond donors (Lipinski definition) is 2. The molecular formula is C11H16N4O5S. The number of carbonyl (C=O) groups excluding carboxylic acids is 1. The Hall–Kier alpha value is -1.94. The summed E-state index contributed by atoms with van der Waals surface area (Å²) in [6, 6.07) is -1.26. The summed E-state index contributed by atoms with van der Waals surface area (Å²) in [5.74, 6) is -1.85. The van der Waals surface area contributed by atoms with Crippen molar-refractivity contribution in [2.45, 2.75) is 31.0 Å². The van der Waals surface area contributed by atoms with Gasteiger partial charge in [-0.1, -0.05) is 0 Å². The lowest BCUT2D eigenvalue weighted by Gasteiger charge is -2.32. The molecule has 1 aliphatic rings. The molecule has 1 fully saturated rings. The van der Waals surface area contributed by atoms with Gasteiger partial charge in [0.25, 0.3) is 10.0 Å². The van der Waals surface area contributed by atoms with Crippen LogP contribution in [0.15, 0.2) is 17.6 Å². The second kappa shape index (κ2) is 5.82. The summed E-state index contributed by atoms with van der Waals surface area (Å²) >= 11 is 0. The van der Waals surface area contributed by atoms with Crippen LogP contribution in [-0.2, 0) is 26.2 Å². The van der Waals surface area contributed by atoms with Crippen molar-refractivity contribution in [2.24, 2.45) is 0 Å². The third kappa shape index (κ3) is 3.05. The van der Waals surface area contributed by atoms with Crippen LogP contribution < -0.4 is 5.32 Å². The first-order chi connectivity index (χ1) is 9.86. The lowest BCUT2D eigenvalue weighted by molar-refractivity contribution is -0.141. The maximum absolute atomic E-state index is 12.5. The highest BCUT2D eigenvalue weighted by Gasteiger charge is 2.40. The first-order valence-electron chi connectivity index (χ1n) is 6.39. The van der Waals surface area contributed by atoms with Gasteiger partial charge >= 0.3 is 5.97 Å². The van der Waals surface area contributed by atoms with E-state index in [9.17, 15) is 18.0 Å². The van der Waals surface area contributed by atoms with E-state index < -0.39 is 34.4 Å². The summed E-state index contributed by atoms with van der Waals surface area (Å²) < 4.78 is 27.6. The number of nitrogens with one attached hydrogen (secondary N) is 1. The van der Waals surface area contributed by atoms with Crippen LogP contribution in [0.1, 0.15) is 13.3 Å². The van der Waals surface area contributed by atoms with Gasteiger partial charge in [0.1, 0.15) is 6.04 Å². The Morgan fingerprint density at radius 1 is 1.57 bits per heavy atom. The van der Waals surface area contributed by atoms with Crippen LogP contribution in [-0.4, -0.2) is 58.4 Å². The molecule has 1 aromatic heterocycles. The highest BCUT2D eigenvalue weighted by atomic mass is 32.2. The molecule has 0 saturated carbocycles. The molecule has 9 nitrogen and oxygen atoms in total. The number of piperazine rings is 1. The number of carboxylic acids is 1. The fourth-order valence-corrected chi connectivity index (χ4v) is 3.63. The zero-order valence-corrected chi connectivity index (χ0v) is 12.2. The Balaban J connectivity index is 2.35. The molecular weight excluding hydrogens is 300 g/mol. The quantitative estimate of drug-likeness (QED) is 0.708. The maximum atomic E-state index is 12.5. The van der Waals surface area contributed by atoms with Crippen LogP contribution in [0.4, 0.5) is 0 Å². The first kappa shape index (κ1) is 15.4. The van der Waals surface area contributed by atoms with Crippen LogP contribution in [0.5, 0.6) is 0 Å². The van der Waals surface area contributed by atoms with Gasteiger partial charge in [-0.05, 0) is 6.92 Å². The van der Waals surface area contributed by atoms with E-state index in [-0.39, 0.29) is 18.1 Å². The van der Waals surface area contributed by atoms with Gasteiger partial charge in [0.15, 0.2) is 5.03 Å². The van der Waals surface area contributed by atoms with Gasteiger partial charge in [-0.25, -0.2) is 13.4 Å². The van der Waals surface area contributed by atoms with Crippen molar-refractivity contribution in [2.75, 3.05) is 13.1 Å². The largest absolute Gasteiger partial charge is 0.481 e. The molecule has 2 rings (SSSR count). The van der Waals surface area contributed by atoms with Crippen LogP contribution in [0.2, 0.25) is 0 Å². The molecule has 116 valence electrons. The van der Waals surface area contributed by atoms with E-state index in [0.29, 0.717) is 6.54 Å². The SMILES string of the molecule is CCn1cnc(S(=O)(=O)N2CCNC(=O)C2CC(=O)O)c1. The van der Waals surface area contributed by atoms with E-state index in [0.717, 1.165) is 4.31 Å². The van der Waals surface area contributed by atoms with Crippen LogP contribution in [0.25, 0.3) is 0 Å². The Morgan fingerprint density at radius 2 is 2.29 bits per heavy atom. The number of carboxylic acid groups (broad SMARTS) is 1. The number of carbonyl (C=O) groups is 2. The van der Waals surface area contributed by atoms with E-state index in [4.69, 9.17) is 5.11 Å². The molecule has 0 bridgehead atoms. The summed E-state index contributed by atoms with van der Waals surface area (Å²) in [6.07, 6.45) is 2.16. The molecule has 0 aromatic carbocycles. The topological polar surface area (TPSA) is 122 Å². The normalized spacial score (nSPS) is 20.2. The number of imidazole rings is 1. The van der Waals surface area contributed by atoms with Crippen LogP contribution >= 0.6 is 0 Å². The van der Waals surface area contributed by atoms with E-state index in [1.54, 1.807) is 4.57 Å². The van der Waals surface area contributed by atoms with Gasteiger partial charge in [-0.3, -0.25) is 9.59 Å². The summed E-state index contributed by atoms with van der Waals surface area (Å²) in [6.45, 7) is 2.55. The first-order valence-corrected chi connectivity index (χ1v) is 7.83. The molecule has 1 unspecified atom stereocenters. The number of aryl methyl sites for hydroxylation is 1. The third-order valence-corrected chi connectivity index (χ3v) is 4.99. The average molecular weight is 316 g/mol. The minimum atomic E-state index is -4.00. The molecule has 2 heterocycles. The standard InChI is InChI=1S/C11H16N4O5S/c1-2-14-6-9(13-7-14)21(19,20)15-4-3-12-11(18)8(15)5-10(16)17/h6-8H,2-5H2,1H3,(H,12,18)(H,16,17). The zero-order valence-electron chi connectivity index (χ0n) is 11.4. The number of hydrogen-bond acceptors (Lipinski definition) is 5. The second-order valence-corrected chi connectivity index (χ2v) is 6.40. The number of rotatable bonds is 5. The number of sulfonamides is 1.